The normalized spacial score (nSPS) is 16.5. The third-order valence-corrected chi connectivity index (χ3v) is 4.55. The van der Waals surface area contributed by atoms with E-state index in [1.54, 1.807) is 12.5 Å². The van der Waals surface area contributed by atoms with Gasteiger partial charge in [0.1, 0.15) is 0 Å². The Balaban J connectivity index is 1.44. The maximum absolute atomic E-state index is 11.9. The van der Waals surface area contributed by atoms with Crippen molar-refractivity contribution in [1.29, 1.82) is 0 Å². The number of aliphatic hydroxyl groups is 1. The molecule has 0 spiro atoms. The number of urea groups is 1. The van der Waals surface area contributed by atoms with Gasteiger partial charge < -0.3 is 20.3 Å². The van der Waals surface area contributed by atoms with Crippen LogP contribution in [0, 0.1) is 0 Å². The van der Waals surface area contributed by atoms with E-state index in [9.17, 15) is 9.90 Å². The highest BCUT2D eigenvalue weighted by Crippen LogP contribution is 2.27. The van der Waals surface area contributed by atoms with Crippen molar-refractivity contribution in [3.05, 3.63) is 48.5 Å². The van der Waals surface area contributed by atoms with E-state index < -0.39 is 5.60 Å². The molecule has 1 aromatic carbocycles. The van der Waals surface area contributed by atoms with E-state index in [0.29, 0.717) is 13.1 Å². The second-order valence-electron chi connectivity index (χ2n) is 6.46. The molecule has 0 aliphatic heterocycles. The standard InChI is InChI=1S/C18H24N4O2/c23-17(21-13-18(24)8-2-1-3-9-18)20-12-15-4-6-16(7-5-15)22-11-10-19-14-22/h4-7,10-11,14,24H,1-3,8-9,12-13H2,(H2,20,21,23). The predicted octanol–water partition coefficient (Wildman–Crippen LogP) is 2.37. The maximum Gasteiger partial charge on any atom is 0.315 e. The molecule has 1 fully saturated rings. The molecular weight excluding hydrogens is 304 g/mol. The number of nitrogens with one attached hydrogen (secondary N) is 2. The number of rotatable bonds is 5. The number of carbonyl (C=O) groups excluding carboxylic acids is 1. The summed E-state index contributed by atoms with van der Waals surface area (Å²) in [5.74, 6) is 0. The van der Waals surface area contributed by atoms with Crippen molar-refractivity contribution in [3.63, 3.8) is 0 Å². The summed E-state index contributed by atoms with van der Waals surface area (Å²) in [5.41, 5.74) is 1.31. The molecule has 1 saturated carbocycles. The highest BCUT2D eigenvalue weighted by Gasteiger charge is 2.29. The summed E-state index contributed by atoms with van der Waals surface area (Å²) >= 11 is 0. The zero-order chi connectivity index (χ0) is 16.8. The van der Waals surface area contributed by atoms with E-state index in [4.69, 9.17) is 0 Å². The van der Waals surface area contributed by atoms with Gasteiger partial charge in [0.05, 0.1) is 11.9 Å². The quantitative estimate of drug-likeness (QED) is 0.788. The molecule has 0 saturated heterocycles. The van der Waals surface area contributed by atoms with Crippen LogP contribution in [0.25, 0.3) is 5.69 Å². The molecule has 0 radical (unpaired) electrons. The largest absolute Gasteiger partial charge is 0.388 e. The SMILES string of the molecule is O=C(NCc1ccc(-n2ccnc2)cc1)NCC1(O)CCCCC1. The van der Waals surface area contributed by atoms with E-state index in [1.807, 2.05) is 35.0 Å². The number of aromatic nitrogens is 2. The molecule has 1 aliphatic rings. The lowest BCUT2D eigenvalue weighted by atomic mass is 9.85. The van der Waals surface area contributed by atoms with Gasteiger partial charge in [-0.2, -0.15) is 0 Å². The van der Waals surface area contributed by atoms with Crippen LogP contribution in [0.1, 0.15) is 37.7 Å². The zero-order valence-electron chi connectivity index (χ0n) is 13.7. The topological polar surface area (TPSA) is 79.2 Å². The third-order valence-electron chi connectivity index (χ3n) is 4.55. The first kappa shape index (κ1) is 16.5. The fourth-order valence-electron chi connectivity index (χ4n) is 3.07. The van der Waals surface area contributed by atoms with Gasteiger partial charge in [0.25, 0.3) is 0 Å². The Morgan fingerprint density at radius 3 is 2.58 bits per heavy atom. The monoisotopic (exact) mass is 328 g/mol. The summed E-state index contributed by atoms with van der Waals surface area (Å²) in [6, 6.07) is 7.68. The second kappa shape index (κ2) is 7.49. The van der Waals surface area contributed by atoms with Gasteiger partial charge in [-0.3, -0.25) is 0 Å². The Labute approximate surface area is 141 Å². The maximum atomic E-state index is 11.9. The van der Waals surface area contributed by atoms with Crippen LogP contribution in [0.4, 0.5) is 4.79 Å². The van der Waals surface area contributed by atoms with Crippen LogP contribution in [0.5, 0.6) is 0 Å². The van der Waals surface area contributed by atoms with Crippen molar-refractivity contribution < 1.29 is 9.90 Å². The van der Waals surface area contributed by atoms with Gasteiger partial charge >= 0.3 is 6.03 Å². The molecule has 0 bridgehead atoms. The molecule has 3 rings (SSSR count). The van der Waals surface area contributed by atoms with Crippen molar-refractivity contribution in [2.45, 2.75) is 44.2 Å². The lowest BCUT2D eigenvalue weighted by molar-refractivity contribution is 0.00719. The van der Waals surface area contributed by atoms with Crippen LogP contribution in [0.15, 0.2) is 43.0 Å². The molecular formula is C18H24N4O2. The van der Waals surface area contributed by atoms with E-state index in [2.05, 4.69) is 15.6 Å². The summed E-state index contributed by atoms with van der Waals surface area (Å²) < 4.78 is 1.93. The lowest BCUT2D eigenvalue weighted by Crippen LogP contribution is -2.47. The van der Waals surface area contributed by atoms with Crippen molar-refractivity contribution in [2.24, 2.45) is 0 Å². The Morgan fingerprint density at radius 1 is 1.17 bits per heavy atom. The van der Waals surface area contributed by atoms with Gasteiger partial charge in [-0.05, 0) is 30.5 Å². The van der Waals surface area contributed by atoms with Crippen LogP contribution in [0.2, 0.25) is 0 Å². The van der Waals surface area contributed by atoms with Crippen LogP contribution >= 0.6 is 0 Å². The number of carbonyl (C=O) groups is 1. The minimum absolute atomic E-state index is 0.243. The third kappa shape index (κ3) is 4.35. The summed E-state index contributed by atoms with van der Waals surface area (Å²) in [5, 5.41) is 16.0. The number of hydrogen-bond acceptors (Lipinski definition) is 3. The first-order valence-electron chi connectivity index (χ1n) is 8.46. The summed E-state index contributed by atoms with van der Waals surface area (Å²) in [6.07, 6.45) is 10.1. The van der Waals surface area contributed by atoms with E-state index in [1.165, 1.54) is 6.42 Å². The highest BCUT2D eigenvalue weighted by molar-refractivity contribution is 5.73. The molecule has 6 heteroatoms. The number of nitrogens with zero attached hydrogens (tertiary/aromatic N) is 2. The van der Waals surface area contributed by atoms with Crippen molar-refractivity contribution in [1.82, 2.24) is 20.2 Å². The van der Waals surface area contributed by atoms with E-state index in [-0.39, 0.29) is 6.03 Å². The van der Waals surface area contributed by atoms with Gasteiger partial charge in [0, 0.05) is 31.2 Å². The summed E-state index contributed by atoms with van der Waals surface area (Å²) in [6.45, 7) is 0.771. The predicted molar refractivity (Wildman–Crippen MR) is 91.8 cm³/mol. The lowest BCUT2D eigenvalue weighted by Gasteiger charge is -2.32. The molecule has 1 aliphatic carbocycles. The molecule has 1 aromatic heterocycles. The molecule has 0 unspecified atom stereocenters. The Kier molecular flexibility index (Phi) is 5.15. The number of imidazole rings is 1. The molecule has 2 amide bonds. The smallest absolute Gasteiger partial charge is 0.315 e. The molecule has 128 valence electrons. The summed E-state index contributed by atoms with van der Waals surface area (Å²) in [7, 11) is 0. The van der Waals surface area contributed by atoms with E-state index >= 15 is 0 Å². The van der Waals surface area contributed by atoms with Crippen molar-refractivity contribution in [3.8, 4) is 5.69 Å². The van der Waals surface area contributed by atoms with Gasteiger partial charge in [-0.25, -0.2) is 9.78 Å². The Hall–Kier alpha value is -2.34. The molecule has 24 heavy (non-hydrogen) atoms. The minimum Gasteiger partial charge on any atom is -0.388 e. The Morgan fingerprint density at radius 2 is 1.92 bits per heavy atom. The second-order valence-corrected chi connectivity index (χ2v) is 6.46. The number of amides is 2. The van der Waals surface area contributed by atoms with Gasteiger partial charge in [-0.1, -0.05) is 31.4 Å². The van der Waals surface area contributed by atoms with Gasteiger partial charge in [-0.15, -0.1) is 0 Å². The van der Waals surface area contributed by atoms with Crippen LogP contribution in [-0.2, 0) is 6.54 Å². The number of benzene rings is 1. The fourth-order valence-corrected chi connectivity index (χ4v) is 3.07. The molecule has 1 heterocycles. The zero-order valence-corrected chi connectivity index (χ0v) is 13.7. The fraction of sp³-hybridized carbons (Fsp3) is 0.444. The number of hydrogen-bond donors (Lipinski definition) is 3. The van der Waals surface area contributed by atoms with E-state index in [0.717, 1.165) is 36.9 Å². The minimum atomic E-state index is -0.734. The molecule has 3 N–H and O–H groups in total. The highest BCUT2D eigenvalue weighted by atomic mass is 16.3. The van der Waals surface area contributed by atoms with Crippen molar-refractivity contribution >= 4 is 6.03 Å². The summed E-state index contributed by atoms with van der Waals surface area (Å²) in [4.78, 5) is 15.9. The molecule has 0 atom stereocenters. The first-order valence-corrected chi connectivity index (χ1v) is 8.46. The first-order chi connectivity index (χ1) is 11.6. The van der Waals surface area contributed by atoms with Gasteiger partial charge in [0.2, 0.25) is 0 Å². The molecule has 2 aromatic rings. The van der Waals surface area contributed by atoms with Crippen LogP contribution < -0.4 is 10.6 Å². The van der Waals surface area contributed by atoms with Crippen LogP contribution in [-0.4, -0.2) is 32.8 Å². The van der Waals surface area contributed by atoms with Gasteiger partial charge in [0.15, 0.2) is 0 Å². The Bertz CT molecular complexity index is 646. The average Bonchev–Trinajstić information content (AvgIpc) is 3.14. The van der Waals surface area contributed by atoms with Crippen molar-refractivity contribution in [2.75, 3.05) is 6.54 Å². The average molecular weight is 328 g/mol. The van der Waals surface area contributed by atoms with Crippen LogP contribution in [0.3, 0.4) is 0 Å². The molecule has 6 nitrogen and oxygen atoms in total.